The summed E-state index contributed by atoms with van der Waals surface area (Å²) < 4.78 is 28.8. The fourth-order valence-electron chi connectivity index (χ4n) is 3.96. The van der Waals surface area contributed by atoms with Crippen molar-refractivity contribution in [2.45, 2.75) is 31.2 Å². The SMILES string of the molecule is CC(=O)N1c2ccc(S(=O)(=O)Nc3ccccc3C(=O)Nc3ccc(Cl)cc3)cc2CC1C. The summed E-state index contributed by atoms with van der Waals surface area (Å²) in [6.45, 7) is 3.41. The van der Waals surface area contributed by atoms with Gasteiger partial charge in [-0.2, -0.15) is 0 Å². The summed E-state index contributed by atoms with van der Waals surface area (Å²) in [6.07, 6.45) is 0.568. The average Bonchev–Trinajstić information content (AvgIpc) is 3.10. The molecule has 1 atom stereocenters. The van der Waals surface area contributed by atoms with Gasteiger partial charge in [-0.15, -0.1) is 0 Å². The first-order chi connectivity index (χ1) is 15.7. The number of fused-ring (bicyclic) bond motifs is 1. The lowest BCUT2D eigenvalue weighted by atomic mass is 10.1. The van der Waals surface area contributed by atoms with Crippen molar-refractivity contribution in [3.05, 3.63) is 82.9 Å². The van der Waals surface area contributed by atoms with Gasteiger partial charge in [0, 0.05) is 29.4 Å². The highest BCUT2D eigenvalue weighted by Gasteiger charge is 2.30. The number of sulfonamides is 1. The Morgan fingerprint density at radius 3 is 2.42 bits per heavy atom. The number of rotatable bonds is 5. The van der Waals surface area contributed by atoms with Crippen LogP contribution in [0.2, 0.25) is 5.02 Å². The molecule has 0 bridgehead atoms. The van der Waals surface area contributed by atoms with Gasteiger partial charge in [-0.05, 0) is 73.5 Å². The highest BCUT2D eigenvalue weighted by atomic mass is 35.5. The number of amides is 2. The fourth-order valence-corrected chi connectivity index (χ4v) is 5.22. The number of nitrogens with one attached hydrogen (secondary N) is 2. The number of carbonyl (C=O) groups is 2. The Morgan fingerprint density at radius 2 is 1.73 bits per heavy atom. The van der Waals surface area contributed by atoms with E-state index in [1.165, 1.54) is 25.1 Å². The molecule has 4 rings (SSSR count). The molecular formula is C24H22ClN3O4S. The van der Waals surface area contributed by atoms with E-state index >= 15 is 0 Å². The van der Waals surface area contributed by atoms with Crippen molar-refractivity contribution >= 4 is 50.5 Å². The maximum atomic E-state index is 13.1. The Hall–Kier alpha value is -3.36. The molecule has 0 fully saturated rings. The Morgan fingerprint density at radius 1 is 1.03 bits per heavy atom. The molecule has 0 aromatic heterocycles. The third kappa shape index (κ3) is 4.72. The first-order valence-corrected chi connectivity index (χ1v) is 12.1. The summed E-state index contributed by atoms with van der Waals surface area (Å²) in [5, 5.41) is 3.27. The minimum atomic E-state index is -3.98. The first-order valence-electron chi connectivity index (χ1n) is 10.3. The van der Waals surface area contributed by atoms with Gasteiger partial charge in [0.25, 0.3) is 15.9 Å². The highest BCUT2D eigenvalue weighted by molar-refractivity contribution is 7.92. The molecule has 33 heavy (non-hydrogen) atoms. The number of anilines is 3. The van der Waals surface area contributed by atoms with Crippen LogP contribution in [-0.4, -0.2) is 26.3 Å². The third-order valence-electron chi connectivity index (χ3n) is 5.43. The minimum absolute atomic E-state index is 0.0410. The van der Waals surface area contributed by atoms with Crippen LogP contribution in [0.25, 0.3) is 0 Å². The molecule has 0 saturated heterocycles. The monoisotopic (exact) mass is 483 g/mol. The van der Waals surface area contributed by atoms with Crippen LogP contribution in [-0.2, 0) is 21.2 Å². The maximum absolute atomic E-state index is 13.1. The number of para-hydroxylation sites is 1. The van der Waals surface area contributed by atoms with Gasteiger partial charge in [0.1, 0.15) is 0 Å². The molecule has 0 radical (unpaired) electrons. The summed E-state index contributed by atoms with van der Waals surface area (Å²) in [5.41, 5.74) is 2.37. The predicted molar refractivity (Wildman–Crippen MR) is 129 cm³/mol. The number of benzene rings is 3. The fraction of sp³-hybridized carbons (Fsp3) is 0.167. The largest absolute Gasteiger partial charge is 0.322 e. The van der Waals surface area contributed by atoms with E-state index in [2.05, 4.69) is 10.0 Å². The molecule has 7 nitrogen and oxygen atoms in total. The van der Waals surface area contributed by atoms with Crippen molar-refractivity contribution in [1.82, 2.24) is 0 Å². The average molecular weight is 484 g/mol. The van der Waals surface area contributed by atoms with Gasteiger partial charge in [-0.1, -0.05) is 23.7 Å². The lowest BCUT2D eigenvalue weighted by molar-refractivity contribution is -0.116. The van der Waals surface area contributed by atoms with E-state index in [0.29, 0.717) is 17.1 Å². The van der Waals surface area contributed by atoms with Crippen LogP contribution < -0.4 is 14.9 Å². The van der Waals surface area contributed by atoms with Crippen LogP contribution in [0.1, 0.15) is 29.8 Å². The van der Waals surface area contributed by atoms with Crippen molar-refractivity contribution in [3.8, 4) is 0 Å². The van der Waals surface area contributed by atoms with Gasteiger partial charge in [0.2, 0.25) is 5.91 Å². The van der Waals surface area contributed by atoms with Crippen LogP contribution in [0.15, 0.2) is 71.6 Å². The molecule has 1 heterocycles. The summed E-state index contributed by atoms with van der Waals surface area (Å²) in [5.74, 6) is -0.550. The minimum Gasteiger partial charge on any atom is -0.322 e. The van der Waals surface area contributed by atoms with E-state index in [0.717, 1.165) is 11.3 Å². The molecular weight excluding hydrogens is 462 g/mol. The quantitative estimate of drug-likeness (QED) is 0.550. The van der Waals surface area contributed by atoms with Crippen molar-refractivity contribution < 1.29 is 18.0 Å². The summed E-state index contributed by atoms with van der Waals surface area (Å²) in [4.78, 5) is 26.5. The van der Waals surface area contributed by atoms with Crippen molar-refractivity contribution in [1.29, 1.82) is 0 Å². The summed E-state index contributed by atoms with van der Waals surface area (Å²) in [6, 6.07) is 17.6. The molecule has 3 aromatic rings. The zero-order chi connectivity index (χ0) is 23.8. The molecule has 2 amide bonds. The topological polar surface area (TPSA) is 95.6 Å². The summed E-state index contributed by atoms with van der Waals surface area (Å²) in [7, 11) is -3.98. The Balaban J connectivity index is 1.60. The van der Waals surface area contributed by atoms with Gasteiger partial charge in [0.15, 0.2) is 0 Å². The van der Waals surface area contributed by atoms with Crippen molar-refractivity contribution in [2.75, 3.05) is 14.9 Å². The van der Waals surface area contributed by atoms with Gasteiger partial charge < -0.3 is 10.2 Å². The van der Waals surface area contributed by atoms with Gasteiger partial charge >= 0.3 is 0 Å². The first kappa shape index (κ1) is 22.8. The van der Waals surface area contributed by atoms with E-state index in [1.807, 2.05) is 6.92 Å². The third-order valence-corrected chi connectivity index (χ3v) is 7.05. The molecule has 1 aliphatic heterocycles. The lowest BCUT2D eigenvalue weighted by Crippen LogP contribution is -2.33. The number of halogens is 1. The van der Waals surface area contributed by atoms with Crippen molar-refractivity contribution in [2.24, 2.45) is 0 Å². The van der Waals surface area contributed by atoms with E-state index < -0.39 is 15.9 Å². The van der Waals surface area contributed by atoms with Crippen LogP contribution in [0.3, 0.4) is 0 Å². The van der Waals surface area contributed by atoms with Gasteiger partial charge in [-0.3, -0.25) is 14.3 Å². The van der Waals surface area contributed by atoms with E-state index in [4.69, 9.17) is 11.6 Å². The van der Waals surface area contributed by atoms with E-state index in [9.17, 15) is 18.0 Å². The number of hydrogen-bond acceptors (Lipinski definition) is 4. The molecule has 3 aromatic carbocycles. The van der Waals surface area contributed by atoms with Crippen LogP contribution in [0.4, 0.5) is 17.1 Å². The molecule has 0 aliphatic carbocycles. The molecule has 170 valence electrons. The molecule has 1 unspecified atom stereocenters. The second kappa shape index (κ2) is 8.88. The van der Waals surface area contributed by atoms with Crippen LogP contribution >= 0.6 is 11.6 Å². The zero-order valence-electron chi connectivity index (χ0n) is 18.0. The predicted octanol–water partition coefficient (Wildman–Crippen LogP) is 4.69. The van der Waals surface area contributed by atoms with Crippen LogP contribution in [0, 0.1) is 0 Å². The van der Waals surface area contributed by atoms with E-state index in [1.54, 1.807) is 53.4 Å². The Bertz CT molecular complexity index is 1340. The molecule has 2 N–H and O–H groups in total. The molecule has 0 saturated carbocycles. The highest BCUT2D eigenvalue weighted by Crippen LogP contribution is 2.34. The van der Waals surface area contributed by atoms with Gasteiger partial charge in [0.05, 0.1) is 16.1 Å². The lowest BCUT2D eigenvalue weighted by Gasteiger charge is -2.20. The standard InChI is InChI=1S/C24H22ClN3O4S/c1-15-13-17-14-20(11-12-23(17)28(15)16(2)29)33(31,32)27-22-6-4-3-5-21(22)24(30)26-19-9-7-18(25)8-10-19/h3-12,14-15,27H,13H2,1-2H3,(H,26,30). The van der Waals surface area contributed by atoms with Crippen LogP contribution in [0.5, 0.6) is 0 Å². The number of hydrogen-bond donors (Lipinski definition) is 2. The summed E-state index contributed by atoms with van der Waals surface area (Å²) >= 11 is 5.88. The number of nitrogens with zero attached hydrogens (tertiary/aromatic N) is 1. The second-order valence-corrected chi connectivity index (χ2v) is 9.96. The van der Waals surface area contributed by atoms with Gasteiger partial charge in [-0.25, -0.2) is 8.42 Å². The Labute approximate surface area is 197 Å². The molecule has 9 heteroatoms. The molecule has 0 spiro atoms. The molecule has 1 aliphatic rings. The van der Waals surface area contributed by atoms with Crippen molar-refractivity contribution in [3.63, 3.8) is 0 Å². The second-order valence-electron chi connectivity index (χ2n) is 7.84. The normalized spacial score (nSPS) is 15.1. The zero-order valence-corrected chi connectivity index (χ0v) is 19.6. The smallest absolute Gasteiger partial charge is 0.261 e. The Kier molecular flexibility index (Phi) is 6.14. The number of carbonyl (C=O) groups excluding carboxylic acids is 2. The van der Waals surface area contributed by atoms with E-state index in [-0.39, 0.29) is 28.1 Å². The maximum Gasteiger partial charge on any atom is 0.261 e.